The molecule has 3 atom stereocenters. The van der Waals surface area contributed by atoms with Crippen molar-refractivity contribution < 1.29 is 27.3 Å². The molecule has 0 saturated heterocycles. The zero-order valence-electron chi connectivity index (χ0n) is 28.2. The van der Waals surface area contributed by atoms with Crippen molar-refractivity contribution in [3.05, 3.63) is 130 Å². The Morgan fingerprint density at radius 3 is 1.72 bits per heavy atom. The molecule has 0 saturated carbocycles. The van der Waals surface area contributed by atoms with E-state index in [4.69, 9.17) is 0 Å². The van der Waals surface area contributed by atoms with Crippen LogP contribution >= 0.6 is 0 Å². The van der Waals surface area contributed by atoms with E-state index >= 15 is 0 Å². The van der Waals surface area contributed by atoms with Gasteiger partial charge in [-0.1, -0.05) is 152 Å². The van der Waals surface area contributed by atoms with Crippen LogP contribution in [0.2, 0.25) is 0 Å². The van der Waals surface area contributed by atoms with Crippen molar-refractivity contribution in [1.82, 2.24) is 0 Å². The van der Waals surface area contributed by atoms with Gasteiger partial charge in [0.15, 0.2) is 0 Å². The first-order valence-electron chi connectivity index (χ1n) is 15.4. The maximum absolute atomic E-state index is 10.1. The molecule has 0 amide bonds. The third-order valence-corrected chi connectivity index (χ3v) is 8.33. The van der Waals surface area contributed by atoms with Gasteiger partial charge in [0.25, 0.3) is 0 Å². The van der Waals surface area contributed by atoms with Gasteiger partial charge in [-0.3, -0.25) is 0 Å². The van der Waals surface area contributed by atoms with Crippen LogP contribution in [0.25, 0.3) is 0 Å². The summed E-state index contributed by atoms with van der Waals surface area (Å²) in [5.74, 6) is 0.348. The molecule has 0 heterocycles. The molecule has 0 aromatic heterocycles. The fourth-order valence-corrected chi connectivity index (χ4v) is 6.14. The van der Waals surface area contributed by atoms with Crippen LogP contribution in [0.5, 0.6) is 0 Å². The summed E-state index contributed by atoms with van der Waals surface area (Å²) in [5, 5.41) is 20.2. The minimum atomic E-state index is -0.331. The molecule has 1 radical (unpaired) electrons. The molecule has 0 spiro atoms. The van der Waals surface area contributed by atoms with Gasteiger partial charge in [0.05, 0.1) is 12.2 Å². The van der Waals surface area contributed by atoms with Crippen molar-refractivity contribution in [2.24, 2.45) is 16.7 Å². The van der Waals surface area contributed by atoms with Gasteiger partial charge < -0.3 is 10.2 Å². The summed E-state index contributed by atoms with van der Waals surface area (Å²) in [4.78, 5) is 0. The molecule has 2 aliphatic carbocycles. The van der Waals surface area contributed by atoms with Crippen molar-refractivity contribution in [2.75, 3.05) is 0 Å². The molecule has 43 heavy (non-hydrogen) atoms. The van der Waals surface area contributed by atoms with E-state index in [-0.39, 0.29) is 40.1 Å². The van der Waals surface area contributed by atoms with Crippen LogP contribution < -0.4 is 0 Å². The number of aliphatic hydroxyl groups is 2. The summed E-state index contributed by atoms with van der Waals surface area (Å²) in [7, 11) is 0. The quantitative estimate of drug-likeness (QED) is 0.143. The topological polar surface area (TPSA) is 40.5 Å². The predicted molar refractivity (Wildman–Crippen MR) is 184 cm³/mol. The summed E-state index contributed by atoms with van der Waals surface area (Å²) in [5.41, 5.74) is 8.73. The summed E-state index contributed by atoms with van der Waals surface area (Å²) in [6.45, 7) is 21.6. The van der Waals surface area contributed by atoms with E-state index in [2.05, 4.69) is 154 Å². The molecule has 0 fully saturated rings. The van der Waals surface area contributed by atoms with Crippen LogP contribution in [-0.4, -0.2) is 22.4 Å². The number of rotatable bonds is 10. The minimum absolute atomic E-state index is 0. The monoisotopic (exact) mass is 631 g/mol. The Bertz CT molecular complexity index is 1280. The van der Waals surface area contributed by atoms with Crippen LogP contribution in [0, 0.1) is 16.7 Å². The van der Waals surface area contributed by atoms with E-state index in [9.17, 15) is 10.2 Å². The minimum Gasteiger partial charge on any atom is -0.393 e. The average molecular weight is 632 g/mol. The number of hydrogen-bond donors (Lipinski definition) is 2. The van der Waals surface area contributed by atoms with E-state index in [1.54, 1.807) is 0 Å². The summed E-state index contributed by atoms with van der Waals surface area (Å²) >= 11 is 0. The second-order valence-electron chi connectivity index (χ2n) is 13.7. The maximum atomic E-state index is 10.1. The van der Waals surface area contributed by atoms with Crippen molar-refractivity contribution in [3.63, 3.8) is 0 Å². The molecule has 0 aromatic carbocycles. The Balaban J connectivity index is 0.00000924. The van der Waals surface area contributed by atoms with Gasteiger partial charge in [-0.2, -0.15) is 0 Å². The van der Waals surface area contributed by atoms with Crippen LogP contribution in [0.4, 0.5) is 0 Å². The van der Waals surface area contributed by atoms with Gasteiger partial charge >= 0.3 is 0 Å². The van der Waals surface area contributed by atoms with Crippen LogP contribution in [-0.2, 0) is 17.1 Å². The van der Waals surface area contributed by atoms with Crippen LogP contribution in [0.1, 0.15) is 88.5 Å². The van der Waals surface area contributed by atoms with E-state index in [1.807, 2.05) is 6.08 Å². The van der Waals surface area contributed by atoms with E-state index in [1.165, 1.54) is 39.0 Å². The first kappa shape index (κ1) is 38.6. The molecule has 0 unspecified atom stereocenters. The second kappa shape index (κ2) is 17.8. The Morgan fingerprint density at radius 2 is 1.21 bits per heavy atom. The van der Waals surface area contributed by atoms with Gasteiger partial charge in [-0.25, -0.2) is 0 Å². The molecule has 239 valence electrons. The largest absolute Gasteiger partial charge is 0.393 e. The Morgan fingerprint density at radius 1 is 0.721 bits per heavy atom. The second-order valence-corrected chi connectivity index (χ2v) is 13.7. The van der Waals surface area contributed by atoms with E-state index in [0.29, 0.717) is 5.92 Å². The van der Waals surface area contributed by atoms with Crippen molar-refractivity contribution in [3.8, 4) is 0 Å². The first-order chi connectivity index (χ1) is 19.6. The van der Waals surface area contributed by atoms with Gasteiger partial charge in [-0.05, 0) is 77.2 Å². The van der Waals surface area contributed by atoms with Crippen LogP contribution in [0.15, 0.2) is 130 Å². The molecular formula is C40H56CuO2. The van der Waals surface area contributed by atoms with Gasteiger partial charge in [0, 0.05) is 23.0 Å². The normalized spacial score (nSPS) is 26.0. The number of allylic oxidation sites excluding steroid dienone is 20. The fraction of sp³-hybridized carbons (Fsp3) is 0.450. The molecule has 3 heteroatoms. The Labute approximate surface area is 274 Å². The first-order valence-corrected chi connectivity index (χ1v) is 15.4. The molecule has 0 aliphatic heterocycles. The zero-order valence-corrected chi connectivity index (χ0v) is 29.2. The van der Waals surface area contributed by atoms with Crippen molar-refractivity contribution >= 4 is 0 Å². The molecule has 0 bridgehead atoms. The van der Waals surface area contributed by atoms with Crippen molar-refractivity contribution in [1.29, 1.82) is 0 Å². The molecule has 2 N–H and O–H groups in total. The van der Waals surface area contributed by atoms with Gasteiger partial charge in [0.2, 0.25) is 0 Å². The standard InChI is InChI=1S/C40H56O2.Cu/c1-29(17-13-19-31(3)21-23-37-33(5)25-35(41)27-39(37,7)8)15-11-12-16-30(2)18-14-20-32(4)22-24-38-34(6)26-36(42)28-40(38,9)10;/h11-25,35-37,41-42H,26-28H2,1-10H3;/b12-11+,17-13+,18-14+,23-21+,24-22+,29-15+,30-16+,31-19+,32-20+;/t35-,36+,37-;/m0./s1. The molecule has 0 aromatic rings. The predicted octanol–water partition coefficient (Wildman–Crippen LogP) is 10.4. The smallest absolute Gasteiger partial charge is 0.0729 e. The summed E-state index contributed by atoms with van der Waals surface area (Å²) in [6, 6.07) is 0. The third-order valence-electron chi connectivity index (χ3n) is 8.33. The fourth-order valence-electron chi connectivity index (χ4n) is 6.14. The van der Waals surface area contributed by atoms with Gasteiger partial charge in [-0.15, -0.1) is 0 Å². The van der Waals surface area contributed by atoms with E-state index < -0.39 is 0 Å². The van der Waals surface area contributed by atoms with Gasteiger partial charge in [0.1, 0.15) is 0 Å². The molecule has 2 rings (SSSR count). The molecule has 2 aliphatic rings. The zero-order chi connectivity index (χ0) is 31.5. The number of aliphatic hydroxyl groups excluding tert-OH is 2. The molecule has 2 nitrogen and oxygen atoms in total. The van der Waals surface area contributed by atoms with E-state index in [0.717, 1.165) is 19.3 Å². The Hall–Kier alpha value is -2.42. The van der Waals surface area contributed by atoms with Crippen molar-refractivity contribution in [2.45, 2.75) is 101 Å². The summed E-state index contributed by atoms with van der Waals surface area (Å²) in [6.07, 6.45) is 33.8. The Kier molecular flexibility index (Phi) is 16.0. The van der Waals surface area contributed by atoms with Crippen LogP contribution in [0.3, 0.4) is 0 Å². The number of hydrogen-bond acceptors (Lipinski definition) is 2. The molecular weight excluding hydrogens is 576 g/mol. The summed E-state index contributed by atoms with van der Waals surface area (Å²) < 4.78 is 0. The SMILES string of the molecule is CC1=C[C@H](O)CC(C)(C)[C@H]1/C=C/C(C)=C/C=C/C(C)=C/C=C/C=C(C)/C=C/C=C(C)/C=C/C1=C(C)C[C@@H](O)CC1(C)C.[Cu]. The third kappa shape index (κ3) is 13.4. The maximum Gasteiger partial charge on any atom is 0.0729 e. The average Bonchev–Trinajstić information content (AvgIpc) is 2.84.